The lowest BCUT2D eigenvalue weighted by atomic mass is 9.80. The summed E-state index contributed by atoms with van der Waals surface area (Å²) in [4.78, 5) is 0. The molecule has 1 aromatic rings. The summed E-state index contributed by atoms with van der Waals surface area (Å²) in [5.41, 5.74) is 4.97. The molecule has 2 unspecified atom stereocenters. The van der Waals surface area contributed by atoms with E-state index in [4.69, 9.17) is 10.2 Å². The Kier molecular flexibility index (Phi) is 2.68. The highest BCUT2D eigenvalue weighted by molar-refractivity contribution is 9.10. The second-order valence-corrected chi connectivity index (χ2v) is 4.84. The minimum atomic E-state index is -0.875. The number of nitrogens with two attached hydrogens (primary N) is 1. The summed E-state index contributed by atoms with van der Waals surface area (Å²) in [7, 11) is 0. The second-order valence-electron chi connectivity index (χ2n) is 3.99. The first-order chi connectivity index (χ1) is 6.62. The fraction of sp³-hybridized carbons (Fsp3) is 0.600. The van der Waals surface area contributed by atoms with Gasteiger partial charge in [0.1, 0.15) is 11.4 Å². The SMILES string of the molecule is NC1CCCC(O)(c2occc2Br)C1. The first kappa shape index (κ1) is 10.2. The van der Waals surface area contributed by atoms with Crippen LogP contribution >= 0.6 is 15.9 Å². The number of aliphatic hydroxyl groups is 1. The van der Waals surface area contributed by atoms with Crippen molar-refractivity contribution < 1.29 is 9.52 Å². The summed E-state index contributed by atoms with van der Waals surface area (Å²) in [6, 6.07) is 1.87. The quantitative estimate of drug-likeness (QED) is 0.813. The van der Waals surface area contributed by atoms with Gasteiger partial charge in [-0.05, 0) is 47.7 Å². The Hall–Kier alpha value is -0.320. The molecule has 0 radical (unpaired) electrons. The maximum Gasteiger partial charge on any atom is 0.149 e. The Morgan fingerprint density at radius 1 is 1.64 bits per heavy atom. The second kappa shape index (κ2) is 3.68. The molecule has 4 heteroatoms. The number of furan rings is 1. The molecule has 0 aliphatic heterocycles. The molecule has 1 heterocycles. The predicted octanol–water partition coefficient (Wildman–Crippen LogP) is 2.13. The monoisotopic (exact) mass is 259 g/mol. The number of halogens is 1. The molecule has 2 atom stereocenters. The van der Waals surface area contributed by atoms with Crippen molar-refractivity contribution in [1.29, 1.82) is 0 Å². The van der Waals surface area contributed by atoms with Crippen LogP contribution < -0.4 is 5.73 Å². The van der Waals surface area contributed by atoms with E-state index in [-0.39, 0.29) is 6.04 Å². The van der Waals surface area contributed by atoms with E-state index in [9.17, 15) is 5.11 Å². The maximum atomic E-state index is 10.4. The minimum Gasteiger partial charge on any atom is -0.465 e. The molecular weight excluding hydrogens is 246 g/mol. The van der Waals surface area contributed by atoms with Crippen molar-refractivity contribution in [2.75, 3.05) is 0 Å². The van der Waals surface area contributed by atoms with Gasteiger partial charge in [-0.25, -0.2) is 0 Å². The van der Waals surface area contributed by atoms with E-state index in [1.54, 1.807) is 12.3 Å². The summed E-state index contributed by atoms with van der Waals surface area (Å²) in [5, 5.41) is 10.4. The third kappa shape index (κ3) is 1.74. The molecule has 2 rings (SSSR count). The molecule has 0 aromatic carbocycles. The molecule has 78 valence electrons. The van der Waals surface area contributed by atoms with Gasteiger partial charge in [-0.15, -0.1) is 0 Å². The van der Waals surface area contributed by atoms with E-state index in [1.165, 1.54) is 0 Å². The largest absolute Gasteiger partial charge is 0.465 e. The normalized spacial score (nSPS) is 33.2. The van der Waals surface area contributed by atoms with Crippen molar-refractivity contribution >= 4 is 15.9 Å². The zero-order valence-corrected chi connectivity index (χ0v) is 9.46. The molecule has 1 fully saturated rings. The molecule has 3 N–H and O–H groups in total. The van der Waals surface area contributed by atoms with Crippen LogP contribution in [0.4, 0.5) is 0 Å². The van der Waals surface area contributed by atoms with E-state index in [2.05, 4.69) is 15.9 Å². The summed E-state index contributed by atoms with van der Waals surface area (Å²) < 4.78 is 6.13. The fourth-order valence-electron chi connectivity index (χ4n) is 2.13. The minimum absolute atomic E-state index is 0.0748. The molecule has 1 saturated carbocycles. The molecule has 0 amide bonds. The third-order valence-corrected chi connectivity index (χ3v) is 3.43. The molecule has 3 nitrogen and oxygen atoms in total. The molecule has 0 saturated heterocycles. The van der Waals surface area contributed by atoms with Crippen LogP contribution in [0.15, 0.2) is 21.2 Å². The molecule has 0 spiro atoms. The Morgan fingerprint density at radius 3 is 3.00 bits per heavy atom. The fourth-order valence-corrected chi connectivity index (χ4v) is 2.70. The van der Waals surface area contributed by atoms with Gasteiger partial charge in [0.2, 0.25) is 0 Å². The van der Waals surface area contributed by atoms with Crippen LogP contribution in [0, 0.1) is 0 Å². The Balaban J connectivity index is 2.27. The zero-order chi connectivity index (χ0) is 10.2. The maximum absolute atomic E-state index is 10.4. The van der Waals surface area contributed by atoms with Crippen molar-refractivity contribution in [2.24, 2.45) is 5.73 Å². The number of hydrogen-bond donors (Lipinski definition) is 2. The van der Waals surface area contributed by atoms with Gasteiger partial charge in [0.05, 0.1) is 10.7 Å². The van der Waals surface area contributed by atoms with Crippen molar-refractivity contribution in [3.63, 3.8) is 0 Å². The molecular formula is C10H14BrNO2. The average molecular weight is 260 g/mol. The van der Waals surface area contributed by atoms with Crippen LogP contribution in [0.3, 0.4) is 0 Å². The lowest BCUT2D eigenvalue weighted by Gasteiger charge is -2.33. The van der Waals surface area contributed by atoms with E-state index in [0.29, 0.717) is 12.2 Å². The molecule has 1 aromatic heterocycles. The summed E-state index contributed by atoms with van der Waals surface area (Å²) in [6.07, 6.45) is 4.83. The first-order valence-corrected chi connectivity index (χ1v) is 5.62. The molecule has 1 aliphatic carbocycles. The highest BCUT2D eigenvalue weighted by atomic mass is 79.9. The number of rotatable bonds is 1. The summed E-state index contributed by atoms with van der Waals surface area (Å²) in [5.74, 6) is 0.618. The Morgan fingerprint density at radius 2 is 2.43 bits per heavy atom. The molecule has 14 heavy (non-hydrogen) atoms. The highest BCUT2D eigenvalue weighted by Crippen LogP contribution is 2.40. The van der Waals surface area contributed by atoms with E-state index in [0.717, 1.165) is 23.7 Å². The lowest BCUT2D eigenvalue weighted by Crippen LogP contribution is -2.39. The van der Waals surface area contributed by atoms with Crippen LogP contribution in [0.1, 0.15) is 31.4 Å². The van der Waals surface area contributed by atoms with Gasteiger partial charge >= 0.3 is 0 Å². The first-order valence-electron chi connectivity index (χ1n) is 4.83. The van der Waals surface area contributed by atoms with Crippen LogP contribution in [-0.2, 0) is 5.60 Å². The molecule has 0 bridgehead atoms. The van der Waals surface area contributed by atoms with E-state index >= 15 is 0 Å². The van der Waals surface area contributed by atoms with E-state index in [1.807, 2.05) is 0 Å². The molecule has 1 aliphatic rings. The van der Waals surface area contributed by atoms with Crippen LogP contribution in [0.5, 0.6) is 0 Å². The van der Waals surface area contributed by atoms with Gasteiger partial charge in [0.25, 0.3) is 0 Å². The van der Waals surface area contributed by atoms with Crippen molar-refractivity contribution in [2.45, 2.75) is 37.3 Å². The van der Waals surface area contributed by atoms with Crippen molar-refractivity contribution in [1.82, 2.24) is 0 Å². The van der Waals surface area contributed by atoms with Crippen LogP contribution in [0.25, 0.3) is 0 Å². The van der Waals surface area contributed by atoms with Crippen LogP contribution in [-0.4, -0.2) is 11.1 Å². The topological polar surface area (TPSA) is 59.4 Å². The van der Waals surface area contributed by atoms with Gasteiger partial charge < -0.3 is 15.3 Å². The van der Waals surface area contributed by atoms with Gasteiger partial charge in [0.15, 0.2) is 0 Å². The van der Waals surface area contributed by atoms with E-state index < -0.39 is 5.60 Å². The average Bonchev–Trinajstić information content (AvgIpc) is 2.51. The van der Waals surface area contributed by atoms with Gasteiger partial charge in [-0.2, -0.15) is 0 Å². The van der Waals surface area contributed by atoms with Crippen LogP contribution in [0.2, 0.25) is 0 Å². The predicted molar refractivity (Wildman–Crippen MR) is 56.7 cm³/mol. The third-order valence-electron chi connectivity index (χ3n) is 2.80. The van der Waals surface area contributed by atoms with Gasteiger partial charge in [-0.3, -0.25) is 0 Å². The smallest absolute Gasteiger partial charge is 0.149 e. The standard InChI is InChI=1S/C10H14BrNO2/c11-8-3-5-14-9(8)10(13)4-1-2-7(12)6-10/h3,5,7,13H,1-2,4,6,12H2. The highest BCUT2D eigenvalue weighted by Gasteiger charge is 2.38. The van der Waals surface area contributed by atoms with Crippen molar-refractivity contribution in [3.05, 3.63) is 22.6 Å². The Bertz CT molecular complexity index is 326. The number of hydrogen-bond acceptors (Lipinski definition) is 3. The van der Waals surface area contributed by atoms with Crippen molar-refractivity contribution in [3.8, 4) is 0 Å². The zero-order valence-electron chi connectivity index (χ0n) is 7.87. The van der Waals surface area contributed by atoms with Gasteiger partial charge in [0, 0.05) is 6.04 Å². The summed E-state index contributed by atoms with van der Waals surface area (Å²) >= 11 is 3.36. The Labute approximate surface area is 91.4 Å². The lowest BCUT2D eigenvalue weighted by molar-refractivity contribution is -0.0265. The summed E-state index contributed by atoms with van der Waals surface area (Å²) in [6.45, 7) is 0. The van der Waals surface area contributed by atoms with Gasteiger partial charge in [-0.1, -0.05) is 0 Å².